The van der Waals surface area contributed by atoms with Crippen LogP contribution in [-0.4, -0.2) is 59.3 Å². The predicted molar refractivity (Wildman–Crippen MR) is 110 cm³/mol. The first-order valence-electron chi connectivity index (χ1n) is 10.1. The number of aryl methyl sites for hydroxylation is 1. The number of ether oxygens (including phenoxy) is 1. The third-order valence-electron chi connectivity index (χ3n) is 5.49. The van der Waals surface area contributed by atoms with Crippen LogP contribution in [0.1, 0.15) is 18.6 Å². The summed E-state index contributed by atoms with van der Waals surface area (Å²) >= 11 is 0. The van der Waals surface area contributed by atoms with E-state index in [2.05, 4.69) is 19.8 Å². The molecule has 0 aliphatic carbocycles. The largest absolute Gasteiger partial charge is 0.469 e. The van der Waals surface area contributed by atoms with Crippen LogP contribution >= 0.6 is 0 Å². The zero-order chi connectivity index (χ0) is 19.6. The summed E-state index contributed by atoms with van der Waals surface area (Å²) in [6, 6.07) is 3.87. The number of furan rings is 1. The lowest BCUT2D eigenvalue weighted by Gasteiger charge is -2.26. The maximum absolute atomic E-state index is 5.57. The fraction of sp³-hybridized carbons (Fsp3) is 0.429. The quantitative estimate of drug-likeness (QED) is 0.670. The van der Waals surface area contributed by atoms with Crippen LogP contribution in [0.5, 0.6) is 0 Å². The van der Waals surface area contributed by atoms with E-state index in [-0.39, 0.29) is 0 Å². The van der Waals surface area contributed by atoms with Gasteiger partial charge in [0, 0.05) is 49.7 Å². The van der Waals surface area contributed by atoms with Crippen molar-refractivity contribution >= 4 is 11.9 Å². The summed E-state index contributed by atoms with van der Waals surface area (Å²) in [6.45, 7) is 6.93. The summed E-state index contributed by atoms with van der Waals surface area (Å²) in [6.07, 6.45) is 7.74. The van der Waals surface area contributed by atoms with Crippen LogP contribution in [0.25, 0.3) is 22.5 Å². The van der Waals surface area contributed by atoms with Crippen LogP contribution in [0.2, 0.25) is 0 Å². The Bertz CT molecular complexity index is 992. The first-order chi connectivity index (χ1) is 14.3. The van der Waals surface area contributed by atoms with Crippen molar-refractivity contribution in [2.45, 2.75) is 19.8 Å². The van der Waals surface area contributed by atoms with Crippen molar-refractivity contribution in [3.63, 3.8) is 0 Å². The van der Waals surface area contributed by atoms with Gasteiger partial charge in [-0.2, -0.15) is 0 Å². The highest BCUT2D eigenvalue weighted by Gasteiger charge is 2.21. The minimum absolute atomic E-state index is 0.695. The van der Waals surface area contributed by atoms with Gasteiger partial charge in [0.2, 0.25) is 11.9 Å². The SMILES string of the molecule is Cc1occc1-c1nc(N2CCCC2)ncc1-c1ccnc(N2CCOCC2)n1. The van der Waals surface area contributed by atoms with Gasteiger partial charge < -0.3 is 19.0 Å². The van der Waals surface area contributed by atoms with Gasteiger partial charge in [0.05, 0.1) is 30.9 Å². The number of hydrogen-bond acceptors (Lipinski definition) is 8. The van der Waals surface area contributed by atoms with Gasteiger partial charge in [0.1, 0.15) is 5.76 Å². The Morgan fingerprint density at radius 2 is 1.62 bits per heavy atom. The maximum atomic E-state index is 5.57. The van der Waals surface area contributed by atoms with E-state index in [0.717, 1.165) is 60.4 Å². The minimum atomic E-state index is 0.695. The van der Waals surface area contributed by atoms with E-state index >= 15 is 0 Å². The van der Waals surface area contributed by atoms with E-state index < -0.39 is 0 Å². The number of nitrogens with zero attached hydrogens (tertiary/aromatic N) is 6. The average Bonchev–Trinajstić information content (AvgIpc) is 3.46. The highest BCUT2D eigenvalue weighted by molar-refractivity contribution is 5.80. The van der Waals surface area contributed by atoms with Gasteiger partial charge in [0.25, 0.3) is 0 Å². The van der Waals surface area contributed by atoms with E-state index in [1.54, 1.807) is 12.5 Å². The van der Waals surface area contributed by atoms with Crippen LogP contribution < -0.4 is 9.80 Å². The van der Waals surface area contributed by atoms with Crippen molar-refractivity contribution in [1.82, 2.24) is 19.9 Å². The second-order valence-electron chi connectivity index (χ2n) is 7.36. The number of rotatable bonds is 4. The van der Waals surface area contributed by atoms with Crippen molar-refractivity contribution in [3.05, 3.63) is 36.5 Å². The van der Waals surface area contributed by atoms with Crippen molar-refractivity contribution in [3.8, 4) is 22.5 Å². The normalized spacial score (nSPS) is 17.1. The number of morpholine rings is 1. The molecule has 2 aliphatic rings. The Morgan fingerprint density at radius 1 is 0.862 bits per heavy atom. The van der Waals surface area contributed by atoms with Crippen LogP contribution in [0.3, 0.4) is 0 Å². The Balaban J connectivity index is 1.58. The lowest BCUT2D eigenvalue weighted by Crippen LogP contribution is -2.37. The Hall–Kier alpha value is -3.00. The van der Waals surface area contributed by atoms with Crippen molar-refractivity contribution in [2.24, 2.45) is 0 Å². The monoisotopic (exact) mass is 392 g/mol. The maximum Gasteiger partial charge on any atom is 0.226 e. The molecular weight excluding hydrogens is 368 g/mol. The first-order valence-corrected chi connectivity index (χ1v) is 10.1. The second-order valence-corrected chi connectivity index (χ2v) is 7.36. The van der Waals surface area contributed by atoms with Crippen molar-refractivity contribution in [2.75, 3.05) is 49.2 Å². The van der Waals surface area contributed by atoms with Gasteiger partial charge in [-0.1, -0.05) is 0 Å². The minimum Gasteiger partial charge on any atom is -0.469 e. The Morgan fingerprint density at radius 3 is 2.38 bits per heavy atom. The topological polar surface area (TPSA) is 80.4 Å². The summed E-state index contributed by atoms with van der Waals surface area (Å²) < 4.78 is 11.0. The Kier molecular flexibility index (Phi) is 4.85. The van der Waals surface area contributed by atoms with E-state index in [1.165, 1.54) is 12.8 Å². The predicted octanol–water partition coefficient (Wildman–Crippen LogP) is 2.94. The molecule has 0 aromatic carbocycles. The number of hydrogen-bond donors (Lipinski definition) is 0. The molecule has 8 heteroatoms. The van der Waals surface area contributed by atoms with E-state index in [9.17, 15) is 0 Å². The molecule has 0 saturated carbocycles. The molecular formula is C21H24N6O2. The van der Waals surface area contributed by atoms with Crippen LogP contribution in [-0.2, 0) is 4.74 Å². The highest BCUT2D eigenvalue weighted by atomic mass is 16.5. The second kappa shape index (κ2) is 7.79. The molecule has 2 saturated heterocycles. The van der Waals surface area contributed by atoms with Gasteiger partial charge in [-0.3, -0.25) is 0 Å². The molecule has 0 bridgehead atoms. The van der Waals surface area contributed by atoms with Gasteiger partial charge in [-0.25, -0.2) is 19.9 Å². The van der Waals surface area contributed by atoms with Gasteiger partial charge in [-0.15, -0.1) is 0 Å². The van der Waals surface area contributed by atoms with E-state index in [4.69, 9.17) is 19.1 Å². The molecule has 0 N–H and O–H groups in total. The first kappa shape index (κ1) is 18.1. The molecule has 3 aromatic rings. The zero-order valence-corrected chi connectivity index (χ0v) is 16.5. The van der Waals surface area contributed by atoms with Crippen molar-refractivity contribution < 1.29 is 9.15 Å². The molecule has 2 fully saturated rings. The molecule has 0 amide bonds. The van der Waals surface area contributed by atoms with Crippen molar-refractivity contribution in [1.29, 1.82) is 0 Å². The molecule has 0 unspecified atom stereocenters. The number of aromatic nitrogens is 4. The van der Waals surface area contributed by atoms with Crippen LogP contribution in [0, 0.1) is 6.92 Å². The van der Waals surface area contributed by atoms with E-state index in [1.807, 2.05) is 25.3 Å². The van der Waals surface area contributed by atoms with E-state index in [0.29, 0.717) is 19.2 Å². The third-order valence-corrected chi connectivity index (χ3v) is 5.49. The molecule has 5 rings (SSSR count). The third kappa shape index (κ3) is 3.55. The molecule has 8 nitrogen and oxygen atoms in total. The molecule has 0 spiro atoms. The summed E-state index contributed by atoms with van der Waals surface area (Å²) in [7, 11) is 0. The molecule has 150 valence electrons. The molecule has 0 atom stereocenters. The molecule has 3 aromatic heterocycles. The summed E-state index contributed by atoms with van der Waals surface area (Å²) in [5.74, 6) is 2.31. The molecule has 5 heterocycles. The van der Waals surface area contributed by atoms with Crippen LogP contribution in [0.4, 0.5) is 11.9 Å². The lowest BCUT2D eigenvalue weighted by atomic mass is 10.1. The molecule has 2 aliphatic heterocycles. The number of anilines is 2. The summed E-state index contributed by atoms with van der Waals surface area (Å²) in [5.41, 5.74) is 3.51. The zero-order valence-electron chi connectivity index (χ0n) is 16.5. The van der Waals surface area contributed by atoms with Crippen LogP contribution in [0.15, 0.2) is 35.2 Å². The van der Waals surface area contributed by atoms with Gasteiger partial charge in [-0.05, 0) is 31.9 Å². The smallest absolute Gasteiger partial charge is 0.226 e. The summed E-state index contributed by atoms with van der Waals surface area (Å²) in [5, 5.41) is 0. The average molecular weight is 392 g/mol. The highest BCUT2D eigenvalue weighted by Crippen LogP contribution is 2.33. The fourth-order valence-corrected chi connectivity index (χ4v) is 3.88. The Labute approximate surface area is 169 Å². The molecule has 29 heavy (non-hydrogen) atoms. The standard InChI is InChI=1S/C21H24N6O2/c1-15-16(5-11-29-15)19-17(14-23-21(25-19)26-7-2-3-8-26)18-4-6-22-20(24-18)27-9-12-28-13-10-27/h4-6,11,14H,2-3,7-10,12-13H2,1H3. The van der Waals surface area contributed by atoms with Gasteiger partial charge >= 0.3 is 0 Å². The molecule has 0 radical (unpaired) electrons. The van der Waals surface area contributed by atoms with Gasteiger partial charge in [0.15, 0.2) is 0 Å². The summed E-state index contributed by atoms with van der Waals surface area (Å²) in [4.78, 5) is 23.3. The fourth-order valence-electron chi connectivity index (χ4n) is 3.88. The lowest BCUT2D eigenvalue weighted by molar-refractivity contribution is 0.122.